The topological polar surface area (TPSA) is 62.2 Å². The fraction of sp³-hybridized carbons (Fsp3) is 0.0588. The number of carbonyl (C=O) groups excluding carboxylic acids is 1. The van der Waals surface area contributed by atoms with Crippen molar-refractivity contribution >= 4 is 38.3 Å². The zero-order valence-electron chi connectivity index (χ0n) is 12.8. The minimum atomic E-state index is -4.66. The number of nitrogens with zero attached hydrogens (tertiary/aromatic N) is 1. The van der Waals surface area contributed by atoms with E-state index in [9.17, 15) is 23.1 Å². The lowest BCUT2D eigenvalue weighted by atomic mass is 10.1. The average Bonchev–Trinajstić information content (AvgIpc) is 3.02. The van der Waals surface area contributed by atoms with Crippen LogP contribution in [-0.2, 0) is 6.18 Å². The number of amides is 1. The smallest absolute Gasteiger partial charge is 0.434 e. The standard InChI is InChI=1S/C17H10BrF3N2O2S/c18-10-6-7-12(24)11(8-10)15(25)23-16-22-14(17(19,20)21)13(26-16)9-4-2-1-3-5-9/h1-8,24H,(H,22,23,25). The molecule has 2 aromatic carbocycles. The number of aromatic hydroxyl groups is 1. The monoisotopic (exact) mass is 442 g/mol. The van der Waals surface area contributed by atoms with Gasteiger partial charge in [0.1, 0.15) is 5.75 Å². The SMILES string of the molecule is O=C(Nc1nc(C(F)(F)F)c(-c2ccccc2)s1)c1cc(Br)ccc1O. The number of aromatic nitrogens is 1. The highest BCUT2D eigenvalue weighted by Crippen LogP contribution is 2.42. The molecule has 3 aromatic rings. The quantitative estimate of drug-likeness (QED) is 0.558. The average molecular weight is 443 g/mol. The van der Waals surface area contributed by atoms with Crippen molar-refractivity contribution in [3.8, 4) is 16.2 Å². The van der Waals surface area contributed by atoms with E-state index in [2.05, 4.69) is 26.2 Å². The molecule has 0 radical (unpaired) electrons. The zero-order valence-corrected chi connectivity index (χ0v) is 15.2. The lowest BCUT2D eigenvalue weighted by molar-refractivity contribution is -0.140. The first-order valence-electron chi connectivity index (χ1n) is 7.19. The zero-order chi connectivity index (χ0) is 18.9. The van der Waals surface area contributed by atoms with E-state index < -0.39 is 17.8 Å². The first-order chi connectivity index (χ1) is 12.3. The molecular formula is C17H10BrF3N2O2S. The van der Waals surface area contributed by atoms with Gasteiger partial charge in [-0.1, -0.05) is 57.6 Å². The molecule has 0 atom stereocenters. The predicted molar refractivity (Wildman–Crippen MR) is 96.3 cm³/mol. The fourth-order valence-corrected chi connectivity index (χ4v) is 3.55. The molecule has 0 bridgehead atoms. The second-order valence-electron chi connectivity index (χ2n) is 5.18. The molecule has 1 aromatic heterocycles. The van der Waals surface area contributed by atoms with Crippen LogP contribution in [0.2, 0.25) is 0 Å². The summed E-state index contributed by atoms with van der Waals surface area (Å²) in [5.41, 5.74) is -0.796. The van der Waals surface area contributed by atoms with Gasteiger partial charge < -0.3 is 5.11 Å². The Balaban J connectivity index is 1.98. The summed E-state index contributed by atoms with van der Waals surface area (Å²) in [6.45, 7) is 0. The lowest BCUT2D eigenvalue weighted by Crippen LogP contribution is -2.13. The van der Waals surface area contributed by atoms with Crippen LogP contribution in [0.4, 0.5) is 18.3 Å². The van der Waals surface area contributed by atoms with E-state index in [1.54, 1.807) is 18.2 Å². The first kappa shape index (κ1) is 18.4. The Bertz CT molecular complexity index is 958. The number of rotatable bonds is 3. The predicted octanol–water partition coefficient (Wildman–Crippen LogP) is 5.55. The molecule has 0 aliphatic rings. The third kappa shape index (κ3) is 3.88. The molecule has 0 aliphatic carbocycles. The van der Waals surface area contributed by atoms with E-state index >= 15 is 0 Å². The molecule has 0 unspecified atom stereocenters. The van der Waals surface area contributed by atoms with Crippen LogP contribution in [0.15, 0.2) is 53.0 Å². The van der Waals surface area contributed by atoms with Crippen LogP contribution in [0.3, 0.4) is 0 Å². The molecule has 134 valence electrons. The van der Waals surface area contributed by atoms with Gasteiger partial charge in [-0.2, -0.15) is 13.2 Å². The Morgan fingerprint density at radius 1 is 1.15 bits per heavy atom. The highest BCUT2D eigenvalue weighted by Gasteiger charge is 2.38. The first-order valence-corrected chi connectivity index (χ1v) is 8.80. The Labute approximate surface area is 158 Å². The van der Waals surface area contributed by atoms with E-state index in [-0.39, 0.29) is 21.3 Å². The molecule has 0 saturated heterocycles. The van der Waals surface area contributed by atoms with Gasteiger partial charge in [-0.3, -0.25) is 10.1 Å². The van der Waals surface area contributed by atoms with Gasteiger partial charge in [0, 0.05) is 4.47 Å². The number of hydrogen-bond acceptors (Lipinski definition) is 4. The van der Waals surface area contributed by atoms with Crippen LogP contribution < -0.4 is 5.32 Å². The number of alkyl halides is 3. The number of halogens is 4. The summed E-state index contributed by atoms with van der Waals surface area (Å²) in [7, 11) is 0. The van der Waals surface area contributed by atoms with Gasteiger partial charge in [0.2, 0.25) is 0 Å². The van der Waals surface area contributed by atoms with Gasteiger partial charge in [0.15, 0.2) is 10.8 Å². The van der Waals surface area contributed by atoms with Gasteiger partial charge in [0.05, 0.1) is 10.4 Å². The summed E-state index contributed by atoms with van der Waals surface area (Å²) in [5, 5.41) is 11.9. The molecule has 0 fully saturated rings. The van der Waals surface area contributed by atoms with Crippen molar-refractivity contribution < 1.29 is 23.1 Å². The Morgan fingerprint density at radius 2 is 1.85 bits per heavy atom. The summed E-state index contributed by atoms with van der Waals surface area (Å²) in [5.74, 6) is -1.05. The summed E-state index contributed by atoms with van der Waals surface area (Å²) in [4.78, 5) is 15.7. The maximum atomic E-state index is 13.3. The molecule has 1 heterocycles. The maximum Gasteiger partial charge on any atom is 0.434 e. The van der Waals surface area contributed by atoms with Crippen molar-refractivity contribution in [1.82, 2.24) is 4.98 Å². The van der Waals surface area contributed by atoms with Crippen LogP contribution in [0, 0.1) is 0 Å². The summed E-state index contributed by atoms with van der Waals surface area (Å²) >= 11 is 3.89. The van der Waals surface area contributed by atoms with Crippen molar-refractivity contribution in [2.45, 2.75) is 6.18 Å². The summed E-state index contributed by atoms with van der Waals surface area (Å²) in [6.07, 6.45) is -4.66. The molecule has 0 aliphatic heterocycles. The van der Waals surface area contributed by atoms with E-state index in [4.69, 9.17) is 0 Å². The summed E-state index contributed by atoms with van der Waals surface area (Å²) < 4.78 is 40.5. The number of nitrogens with one attached hydrogen (secondary N) is 1. The molecule has 0 saturated carbocycles. The molecule has 4 nitrogen and oxygen atoms in total. The molecule has 2 N–H and O–H groups in total. The molecule has 3 rings (SSSR count). The van der Waals surface area contributed by atoms with Gasteiger partial charge in [-0.25, -0.2) is 4.98 Å². The van der Waals surface area contributed by atoms with Crippen molar-refractivity contribution in [3.63, 3.8) is 0 Å². The van der Waals surface area contributed by atoms with Gasteiger partial charge >= 0.3 is 6.18 Å². The van der Waals surface area contributed by atoms with E-state index in [0.29, 0.717) is 21.4 Å². The minimum Gasteiger partial charge on any atom is -0.507 e. The van der Waals surface area contributed by atoms with Crippen LogP contribution in [-0.4, -0.2) is 16.0 Å². The number of benzene rings is 2. The third-order valence-electron chi connectivity index (χ3n) is 3.36. The van der Waals surface area contributed by atoms with E-state index in [0.717, 1.165) is 0 Å². The van der Waals surface area contributed by atoms with Gasteiger partial charge in [0.25, 0.3) is 5.91 Å². The Hall–Kier alpha value is -2.39. The van der Waals surface area contributed by atoms with Crippen LogP contribution in [0.25, 0.3) is 10.4 Å². The third-order valence-corrected chi connectivity index (χ3v) is 4.87. The van der Waals surface area contributed by atoms with Crippen LogP contribution in [0.5, 0.6) is 5.75 Å². The number of phenolic OH excluding ortho intramolecular Hbond substituents is 1. The van der Waals surface area contributed by atoms with Crippen LogP contribution in [0.1, 0.15) is 16.1 Å². The van der Waals surface area contributed by atoms with Crippen molar-refractivity contribution in [2.24, 2.45) is 0 Å². The van der Waals surface area contributed by atoms with Gasteiger partial charge in [-0.05, 0) is 23.8 Å². The second kappa shape index (κ2) is 7.08. The summed E-state index contributed by atoms with van der Waals surface area (Å²) in [6, 6.07) is 12.2. The van der Waals surface area contributed by atoms with Crippen molar-refractivity contribution in [1.29, 1.82) is 0 Å². The number of carbonyl (C=O) groups is 1. The Morgan fingerprint density at radius 3 is 2.50 bits per heavy atom. The second-order valence-corrected chi connectivity index (χ2v) is 7.09. The van der Waals surface area contributed by atoms with E-state index in [1.807, 2.05) is 0 Å². The lowest BCUT2D eigenvalue weighted by Gasteiger charge is -2.05. The molecule has 9 heteroatoms. The van der Waals surface area contributed by atoms with Crippen molar-refractivity contribution in [3.05, 3.63) is 64.3 Å². The molecule has 1 amide bonds. The number of hydrogen-bond donors (Lipinski definition) is 2. The highest BCUT2D eigenvalue weighted by atomic mass is 79.9. The molecule has 0 spiro atoms. The number of thiazole rings is 1. The largest absolute Gasteiger partial charge is 0.507 e. The fourth-order valence-electron chi connectivity index (χ4n) is 2.21. The highest BCUT2D eigenvalue weighted by molar-refractivity contribution is 9.10. The molecule has 26 heavy (non-hydrogen) atoms. The number of phenols is 1. The number of anilines is 1. The Kier molecular flexibility index (Phi) is 5.01. The van der Waals surface area contributed by atoms with E-state index in [1.165, 1.54) is 30.3 Å². The van der Waals surface area contributed by atoms with Crippen molar-refractivity contribution in [2.75, 3.05) is 5.32 Å². The van der Waals surface area contributed by atoms with Crippen LogP contribution >= 0.6 is 27.3 Å². The maximum absolute atomic E-state index is 13.3. The minimum absolute atomic E-state index is 0.0793. The molecular weight excluding hydrogens is 433 g/mol. The van der Waals surface area contributed by atoms with Gasteiger partial charge in [-0.15, -0.1) is 0 Å². The normalized spacial score (nSPS) is 11.4.